The van der Waals surface area contributed by atoms with Crippen LogP contribution in [0.15, 0.2) is 28.8 Å². The molecule has 2 heterocycles. The molecule has 3 atom stereocenters. The SMILES string of the molecule is Cc1cccc(Cc2noc(C3NCC4CCCC43)n2)c1. The van der Waals surface area contributed by atoms with Crippen LogP contribution < -0.4 is 5.32 Å². The van der Waals surface area contributed by atoms with Gasteiger partial charge in [0.05, 0.1) is 6.04 Å². The molecule has 0 bridgehead atoms. The normalized spacial score (nSPS) is 28.0. The number of hydrogen-bond acceptors (Lipinski definition) is 4. The van der Waals surface area contributed by atoms with Crippen molar-refractivity contribution in [2.24, 2.45) is 11.8 Å². The molecule has 1 saturated heterocycles. The molecule has 2 fully saturated rings. The van der Waals surface area contributed by atoms with E-state index in [1.54, 1.807) is 0 Å². The summed E-state index contributed by atoms with van der Waals surface area (Å²) in [6.07, 6.45) is 4.72. The zero-order chi connectivity index (χ0) is 14.2. The molecule has 1 aromatic heterocycles. The Morgan fingerprint density at radius 2 is 2.29 bits per heavy atom. The van der Waals surface area contributed by atoms with Crippen LogP contribution in [0.2, 0.25) is 0 Å². The Bertz CT molecular complexity index is 636. The highest BCUT2D eigenvalue weighted by atomic mass is 16.5. The molecule has 0 radical (unpaired) electrons. The van der Waals surface area contributed by atoms with Crippen molar-refractivity contribution in [1.82, 2.24) is 15.5 Å². The lowest BCUT2D eigenvalue weighted by atomic mass is 9.94. The molecule has 2 aliphatic rings. The van der Waals surface area contributed by atoms with Gasteiger partial charge in [0.15, 0.2) is 5.82 Å². The van der Waals surface area contributed by atoms with Gasteiger partial charge in [0.2, 0.25) is 5.89 Å². The van der Waals surface area contributed by atoms with Gasteiger partial charge in [-0.15, -0.1) is 0 Å². The number of aryl methyl sites for hydroxylation is 1. The quantitative estimate of drug-likeness (QED) is 0.940. The zero-order valence-electron chi connectivity index (χ0n) is 12.4. The second kappa shape index (κ2) is 5.26. The minimum absolute atomic E-state index is 0.274. The van der Waals surface area contributed by atoms with Crippen LogP contribution in [0, 0.1) is 18.8 Å². The van der Waals surface area contributed by atoms with Crippen LogP contribution in [-0.2, 0) is 6.42 Å². The predicted octanol–water partition coefficient (Wildman–Crippen LogP) is 3.03. The van der Waals surface area contributed by atoms with Gasteiger partial charge in [-0.1, -0.05) is 41.4 Å². The van der Waals surface area contributed by atoms with Gasteiger partial charge in [0.1, 0.15) is 0 Å². The van der Waals surface area contributed by atoms with E-state index in [-0.39, 0.29) is 6.04 Å². The molecule has 1 aliphatic heterocycles. The highest BCUT2D eigenvalue weighted by Gasteiger charge is 2.42. The predicted molar refractivity (Wildman–Crippen MR) is 79.9 cm³/mol. The third-order valence-corrected chi connectivity index (χ3v) is 4.94. The molecular formula is C17H21N3O. The maximum atomic E-state index is 5.54. The molecule has 4 heteroatoms. The molecule has 1 aliphatic carbocycles. The summed E-state index contributed by atoms with van der Waals surface area (Å²) in [5.41, 5.74) is 2.50. The summed E-state index contributed by atoms with van der Waals surface area (Å²) in [7, 11) is 0. The van der Waals surface area contributed by atoms with Crippen LogP contribution in [-0.4, -0.2) is 16.7 Å². The third-order valence-electron chi connectivity index (χ3n) is 4.94. The molecule has 21 heavy (non-hydrogen) atoms. The Kier molecular flexibility index (Phi) is 3.26. The summed E-state index contributed by atoms with van der Waals surface area (Å²) in [4.78, 5) is 4.64. The van der Waals surface area contributed by atoms with Gasteiger partial charge in [-0.3, -0.25) is 0 Å². The van der Waals surface area contributed by atoms with Crippen LogP contribution in [0.25, 0.3) is 0 Å². The zero-order valence-corrected chi connectivity index (χ0v) is 12.4. The average molecular weight is 283 g/mol. The molecule has 2 aromatic rings. The van der Waals surface area contributed by atoms with Crippen molar-refractivity contribution in [1.29, 1.82) is 0 Å². The smallest absolute Gasteiger partial charge is 0.244 e. The van der Waals surface area contributed by atoms with Crippen molar-refractivity contribution in [3.8, 4) is 0 Å². The first-order chi connectivity index (χ1) is 10.3. The summed E-state index contributed by atoms with van der Waals surface area (Å²) < 4.78 is 5.54. The summed E-state index contributed by atoms with van der Waals surface area (Å²) in [5, 5.41) is 7.74. The molecule has 3 unspecified atom stereocenters. The van der Waals surface area contributed by atoms with E-state index in [1.807, 2.05) is 0 Å². The molecule has 4 nitrogen and oxygen atoms in total. The van der Waals surface area contributed by atoms with Crippen molar-refractivity contribution >= 4 is 0 Å². The first-order valence-corrected chi connectivity index (χ1v) is 7.91. The largest absolute Gasteiger partial charge is 0.338 e. The summed E-state index contributed by atoms with van der Waals surface area (Å²) in [6.45, 7) is 3.21. The first-order valence-electron chi connectivity index (χ1n) is 7.91. The van der Waals surface area contributed by atoms with E-state index in [1.165, 1.54) is 30.4 Å². The fourth-order valence-corrected chi connectivity index (χ4v) is 3.93. The molecule has 1 N–H and O–H groups in total. The van der Waals surface area contributed by atoms with E-state index in [0.29, 0.717) is 5.92 Å². The number of rotatable bonds is 3. The molecule has 0 amide bonds. The van der Waals surface area contributed by atoms with E-state index >= 15 is 0 Å². The Hall–Kier alpha value is -1.68. The van der Waals surface area contributed by atoms with Gasteiger partial charge >= 0.3 is 0 Å². The summed E-state index contributed by atoms with van der Waals surface area (Å²) in [5.74, 6) is 3.07. The maximum absolute atomic E-state index is 5.54. The Balaban J connectivity index is 1.51. The van der Waals surface area contributed by atoms with Crippen molar-refractivity contribution in [2.75, 3.05) is 6.54 Å². The monoisotopic (exact) mass is 283 g/mol. The topological polar surface area (TPSA) is 51.0 Å². The number of aromatic nitrogens is 2. The van der Waals surface area contributed by atoms with Crippen molar-refractivity contribution in [2.45, 2.75) is 38.6 Å². The van der Waals surface area contributed by atoms with Gasteiger partial charge in [0, 0.05) is 6.42 Å². The Labute approximate surface area is 124 Å². The first kappa shape index (κ1) is 13.0. The molecular weight excluding hydrogens is 262 g/mol. The van der Waals surface area contributed by atoms with Crippen molar-refractivity contribution in [3.05, 3.63) is 47.1 Å². The van der Waals surface area contributed by atoms with Gasteiger partial charge in [-0.2, -0.15) is 4.98 Å². The lowest BCUT2D eigenvalue weighted by Crippen LogP contribution is -2.18. The van der Waals surface area contributed by atoms with E-state index in [2.05, 4.69) is 46.6 Å². The lowest BCUT2D eigenvalue weighted by molar-refractivity contribution is 0.301. The van der Waals surface area contributed by atoms with Crippen LogP contribution in [0.4, 0.5) is 0 Å². The molecule has 4 rings (SSSR count). The number of nitrogens with one attached hydrogen (secondary N) is 1. The van der Waals surface area contributed by atoms with E-state index in [0.717, 1.165) is 30.6 Å². The van der Waals surface area contributed by atoms with Crippen molar-refractivity contribution < 1.29 is 4.52 Å². The average Bonchev–Trinajstić information content (AvgIpc) is 3.14. The summed E-state index contributed by atoms with van der Waals surface area (Å²) >= 11 is 0. The molecule has 1 saturated carbocycles. The van der Waals surface area contributed by atoms with Crippen LogP contribution in [0.1, 0.15) is 48.1 Å². The van der Waals surface area contributed by atoms with Gasteiger partial charge < -0.3 is 9.84 Å². The van der Waals surface area contributed by atoms with E-state index < -0.39 is 0 Å². The highest BCUT2D eigenvalue weighted by molar-refractivity contribution is 5.24. The standard InChI is InChI=1S/C17H21N3O/c1-11-4-2-5-12(8-11)9-15-19-17(21-20-15)16-14-7-3-6-13(14)10-18-16/h2,4-5,8,13-14,16,18H,3,6-7,9-10H2,1H3. The molecule has 110 valence electrons. The van der Waals surface area contributed by atoms with Crippen LogP contribution >= 0.6 is 0 Å². The lowest BCUT2D eigenvalue weighted by Gasteiger charge is -2.13. The highest BCUT2D eigenvalue weighted by Crippen LogP contribution is 2.43. The number of hydrogen-bond donors (Lipinski definition) is 1. The number of fused-ring (bicyclic) bond motifs is 1. The van der Waals surface area contributed by atoms with Gasteiger partial charge in [0.25, 0.3) is 0 Å². The number of benzene rings is 1. The minimum atomic E-state index is 0.274. The maximum Gasteiger partial charge on any atom is 0.244 e. The molecule has 0 spiro atoms. The Morgan fingerprint density at radius 3 is 3.19 bits per heavy atom. The van der Waals surface area contributed by atoms with E-state index in [9.17, 15) is 0 Å². The van der Waals surface area contributed by atoms with Crippen molar-refractivity contribution in [3.63, 3.8) is 0 Å². The summed E-state index contributed by atoms with van der Waals surface area (Å²) in [6, 6.07) is 8.75. The molecule has 1 aromatic carbocycles. The minimum Gasteiger partial charge on any atom is -0.338 e. The van der Waals surface area contributed by atoms with Crippen LogP contribution in [0.3, 0.4) is 0 Å². The van der Waals surface area contributed by atoms with Gasteiger partial charge in [-0.25, -0.2) is 0 Å². The third kappa shape index (κ3) is 2.48. The second-order valence-corrected chi connectivity index (χ2v) is 6.46. The number of nitrogens with zero attached hydrogens (tertiary/aromatic N) is 2. The van der Waals surface area contributed by atoms with Gasteiger partial charge in [-0.05, 0) is 43.7 Å². The second-order valence-electron chi connectivity index (χ2n) is 6.46. The van der Waals surface area contributed by atoms with E-state index in [4.69, 9.17) is 4.52 Å². The van der Waals surface area contributed by atoms with Crippen LogP contribution in [0.5, 0.6) is 0 Å². The Morgan fingerprint density at radius 1 is 1.33 bits per heavy atom. The fraction of sp³-hybridized carbons (Fsp3) is 0.529. The fourth-order valence-electron chi connectivity index (χ4n) is 3.93.